The Hall–Kier alpha value is -1.26. The SMILES string of the molecule is Cc1ccc(F)c(-c2nc(C(=O)CCl)cs2)c1. The smallest absolute Gasteiger partial charge is 0.196 e. The van der Waals surface area contributed by atoms with Crippen LogP contribution in [0.15, 0.2) is 23.6 Å². The maximum absolute atomic E-state index is 13.6. The molecule has 0 saturated carbocycles. The third-order valence-corrected chi connectivity index (χ3v) is 3.38. The van der Waals surface area contributed by atoms with Gasteiger partial charge in [-0.3, -0.25) is 4.79 Å². The molecule has 1 aromatic carbocycles. The van der Waals surface area contributed by atoms with Gasteiger partial charge in [0.05, 0.1) is 5.88 Å². The molecule has 0 atom stereocenters. The van der Waals surface area contributed by atoms with Gasteiger partial charge in [-0.15, -0.1) is 22.9 Å². The second kappa shape index (κ2) is 4.94. The van der Waals surface area contributed by atoms with Gasteiger partial charge in [0.1, 0.15) is 16.5 Å². The van der Waals surface area contributed by atoms with Crippen LogP contribution >= 0.6 is 22.9 Å². The fraction of sp³-hybridized carbons (Fsp3) is 0.167. The van der Waals surface area contributed by atoms with Crippen molar-refractivity contribution in [1.29, 1.82) is 0 Å². The van der Waals surface area contributed by atoms with E-state index in [1.807, 2.05) is 6.92 Å². The van der Waals surface area contributed by atoms with Crippen molar-refractivity contribution in [3.8, 4) is 10.6 Å². The lowest BCUT2D eigenvalue weighted by Gasteiger charge is -2.00. The predicted molar refractivity (Wildman–Crippen MR) is 67.3 cm³/mol. The third-order valence-electron chi connectivity index (χ3n) is 2.26. The molecule has 88 valence electrons. The number of carbonyl (C=O) groups is 1. The minimum atomic E-state index is -0.338. The van der Waals surface area contributed by atoms with E-state index >= 15 is 0 Å². The normalized spacial score (nSPS) is 10.5. The fourth-order valence-corrected chi connectivity index (χ4v) is 2.38. The molecule has 0 radical (unpaired) electrons. The standard InChI is InChI=1S/C12H9ClFNOS/c1-7-2-3-9(14)8(4-7)12-15-10(6-17-12)11(16)5-13/h2-4,6H,5H2,1H3. The zero-order valence-corrected chi connectivity index (χ0v) is 10.6. The lowest BCUT2D eigenvalue weighted by molar-refractivity contribution is 0.101. The summed E-state index contributed by atoms with van der Waals surface area (Å²) < 4.78 is 13.6. The van der Waals surface area contributed by atoms with Gasteiger partial charge in [0.15, 0.2) is 5.78 Å². The molecule has 2 nitrogen and oxygen atoms in total. The molecule has 17 heavy (non-hydrogen) atoms. The van der Waals surface area contributed by atoms with Crippen LogP contribution in [0.1, 0.15) is 16.1 Å². The lowest BCUT2D eigenvalue weighted by atomic mass is 10.1. The molecule has 1 aromatic heterocycles. The maximum Gasteiger partial charge on any atom is 0.196 e. The van der Waals surface area contributed by atoms with Gasteiger partial charge < -0.3 is 0 Å². The van der Waals surface area contributed by atoms with Crippen LogP contribution in [-0.4, -0.2) is 16.6 Å². The quantitative estimate of drug-likeness (QED) is 0.628. The molecule has 0 saturated heterocycles. The Kier molecular flexibility index (Phi) is 3.54. The number of hydrogen-bond donors (Lipinski definition) is 0. The number of benzene rings is 1. The number of alkyl halides is 1. The Bertz CT molecular complexity index is 567. The molecule has 5 heteroatoms. The largest absolute Gasteiger partial charge is 0.291 e. The molecule has 1 heterocycles. The molecule has 0 bridgehead atoms. The Morgan fingerprint density at radius 1 is 1.53 bits per heavy atom. The molecule has 0 fully saturated rings. The van der Waals surface area contributed by atoms with Crippen LogP contribution in [0, 0.1) is 12.7 Å². The summed E-state index contributed by atoms with van der Waals surface area (Å²) in [6.45, 7) is 1.88. The average Bonchev–Trinajstić information content (AvgIpc) is 2.80. The van der Waals surface area contributed by atoms with Crippen LogP contribution in [0.2, 0.25) is 0 Å². The van der Waals surface area contributed by atoms with E-state index in [4.69, 9.17) is 11.6 Å². The molecule has 0 aliphatic rings. The molecule has 0 N–H and O–H groups in total. The number of nitrogens with zero attached hydrogens (tertiary/aromatic N) is 1. The Labute approximate surface area is 107 Å². The third kappa shape index (κ3) is 2.53. The second-order valence-corrected chi connectivity index (χ2v) is 4.70. The number of Topliss-reactive ketones (excluding diaryl/α,β-unsaturated/α-hetero) is 1. The van der Waals surface area contributed by atoms with Crippen molar-refractivity contribution in [3.63, 3.8) is 0 Å². The Morgan fingerprint density at radius 3 is 3.00 bits per heavy atom. The maximum atomic E-state index is 13.6. The highest BCUT2D eigenvalue weighted by Gasteiger charge is 2.13. The fourth-order valence-electron chi connectivity index (χ4n) is 1.40. The van der Waals surface area contributed by atoms with E-state index in [1.165, 1.54) is 17.4 Å². The van der Waals surface area contributed by atoms with E-state index in [2.05, 4.69) is 4.98 Å². The van der Waals surface area contributed by atoms with E-state index in [0.717, 1.165) is 5.56 Å². The van der Waals surface area contributed by atoms with Crippen LogP contribution in [-0.2, 0) is 0 Å². The summed E-state index contributed by atoms with van der Waals surface area (Å²) in [5.41, 5.74) is 1.66. The van der Waals surface area contributed by atoms with Crippen molar-refractivity contribution >= 4 is 28.7 Å². The first-order valence-corrected chi connectivity index (χ1v) is 6.34. The zero-order valence-electron chi connectivity index (χ0n) is 9.04. The van der Waals surface area contributed by atoms with Crippen LogP contribution in [0.4, 0.5) is 4.39 Å². The summed E-state index contributed by atoms with van der Waals surface area (Å²) in [6.07, 6.45) is 0. The number of thiazole rings is 1. The van der Waals surface area contributed by atoms with E-state index in [0.29, 0.717) is 16.3 Å². The number of ketones is 1. The van der Waals surface area contributed by atoms with Crippen LogP contribution in [0.25, 0.3) is 10.6 Å². The minimum Gasteiger partial charge on any atom is -0.291 e. The summed E-state index contributed by atoms with van der Waals surface area (Å²) in [5, 5.41) is 2.10. The van der Waals surface area contributed by atoms with Gasteiger partial charge in [-0.25, -0.2) is 9.37 Å². The van der Waals surface area contributed by atoms with Crippen LogP contribution < -0.4 is 0 Å². The number of aromatic nitrogens is 1. The average molecular weight is 270 g/mol. The van der Waals surface area contributed by atoms with Gasteiger partial charge in [0.2, 0.25) is 0 Å². The topological polar surface area (TPSA) is 30.0 Å². The van der Waals surface area contributed by atoms with Crippen LogP contribution in [0.3, 0.4) is 0 Å². The summed E-state index contributed by atoms with van der Waals surface area (Å²) in [6, 6.07) is 4.80. The predicted octanol–water partition coefficient (Wildman–Crippen LogP) is 3.68. The van der Waals surface area contributed by atoms with E-state index in [-0.39, 0.29) is 17.5 Å². The zero-order chi connectivity index (χ0) is 12.4. The summed E-state index contributed by atoms with van der Waals surface area (Å²) in [5.74, 6) is -0.698. The Balaban J connectivity index is 2.43. The molecule has 2 aromatic rings. The van der Waals surface area contributed by atoms with Gasteiger partial charge >= 0.3 is 0 Å². The monoisotopic (exact) mass is 269 g/mol. The first-order chi connectivity index (χ1) is 8.11. The van der Waals surface area contributed by atoms with Gasteiger partial charge in [-0.1, -0.05) is 11.6 Å². The molecule has 0 spiro atoms. The number of hydrogen-bond acceptors (Lipinski definition) is 3. The van der Waals surface area contributed by atoms with Crippen LogP contribution in [0.5, 0.6) is 0 Å². The highest BCUT2D eigenvalue weighted by molar-refractivity contribution is 7.13. The van der Waals surface area contributed by atoms with Gasteiger partial charge in [0.25, 0.3) is 0 Å². The Morgan fingerprint density at radius 2 is 2.29 bits per heavy atom. The van der Waals surface area contributed by atoms with Crippen molar-refractivity contribution in [1.82, 2.24) is 4.98 Å². The summed E-state index contributed by atoms with van der Waals surface area (Å²) >= 11 is 6.68. The van der Waals surface area contributed by atoms with Crippen molar-refractivity contribution < 1.29 is 9.18 Å². The number of rotatable bonds is 3. The van der Waals surface area contributed by atoms with E-state index < -0.39 is 0 Å². The molecule has 0 aliphatic carbocycles. The van der Waals surface area contributed by atoms with Crippen molar-refractivity contribution in [2.75, 3.05) is 5.88 Å². The van der Waals surface area contributed by atoms with Crippen molar-refractivity contribution in [2.45, 2.75) is 6.92 Å². The lowest BCUT2D eigenvalue weighted by Crippen LogP contribution is -2.00. The minimum absolute atomic E-state index is 0.112. The number of carbonyl (C=O) groups excluding carboxylic acids is 1. The molecule has 0 unspecified atom stereocenters. The summed E-state index contributed by atoms with van der Waals surface area (Å²) in [4.78, 5) is 15.4. The first kappa shape index (κ1) is 12.2. The molecular formula is C12H9ClFNOS. The molecule has 2 rings (SSSR count). The van der Waals surface area contributed by atoms with Gasteiger partial charge in [0, 0.05) is 10.9 Å². The highest BCUT2D eigenvalue weighted by Crippen LogP contribution is 2.27. The molecule has 0 amide bonds. The highest BCUT2D eigenvalue weighted by atomic mass is 35.5. The van der Waals surface area contributed by atoms with Crippen molar-refractivity contribution in [3.05, 3.63) is 40.7 Å². The van der Waals surface area contributed by atoms with Crippen molar-refractivity contribution in [2.24, 2.45) is 0 Å². The van der Waals surface area contributed by atoms with Gasteiger partial charge in [-0.2, -0.15) is 0 Å². The number of halogens is 2. The van der Waals surface area contributed by atoms with E-state index in [9.17, 15) is 9.18 Å². The molecule has 0 aliphatic heterocycles. The summed E-state index contributed by atoms with van der Waals surface area (Å²) in [7, 11) is 0. The van der Waals surface area contributed by atoms with E-state index in [1.54, 1.807) is 17.5 Å². The second-order valence-electron chi connectivity index (χ2n) is 3.58. The molecular weight excluding hydrogens is 261 g/mol. The first-order valence-electron chi connectivity index (χ1n) is 4.93. The number of aryl methyl sites for hydroxylation is 1. The van der Waals surface area contributed by atoms with Gasteiger partial charge in [-0.05, 0) is 19.1 Å².